The van der Waals surface area contributed by atoms with Gasteiger partial charge >= 0.3 is 0 Å². The summed E-state index contributed by atoms with van der Waals surface area (Å²) in [6.45, 7) is 7.23. The fourth-order valence-electron chi connectivity index (χ4n) is 4.73. The van der Waals surface area contributed by atoms with Crippen LogP contribution in [0.5, 0.6) is 0 Å². The van der Waals surface area contributed by atoms with Crippen molar-refractivity contribution in [2.45, 2.75) is 70.4 Å². The SMILES string of the molecule is CC(C)(C)c1cc2n(n1)[C@@H](C(F)F)C[C@@H](C1CCN(C(=O)Cc3cccc(F)c3)CC1)N2. The van der Waals surface area contributed by atoms with Crippen molar-refractivity contribution < 1.29 is 18.0 Å². The molecule has 0 spiro atoms. The highest BCUT2D eigenvalue weighted by atomic mass is 19.3. The molecule has 0 bridgehead atoms. The number of alkyl halides is 2. The molecule has 0 unspecified atom stereocenters. The standard InChI is InChI=1S/C24H31F3N4O/c1-24(2,3)20-14-21-28-18(13-19(23(26)27)31(21)29-20)16-7-9-30(10-8-16)22(32)12-15-5-4-6-17(25)11-15/h4-6,11,14,16,18-19,23,28H,7-10,12-13H2,1-3H3/t18-,19+/m0/s1. The Morgan fingerprint density at radius 1 is 1.22 bits per heavy atom. The minimum absolute atomic E-state index is 0.0241. The van der Waals surface area contributed by atoms with Crippen LogP contribution in [-0.4, -0.2) is 46.1 Å². The highest BCUT2D eigenvalue weighted by molar-refractivity contribution is 5.78. The number of amides is 1. The first-order chi connectivity index (χ1) is 15.1. The number of hydrogen-bond donors (Lipinski definition) is 1. The number of carbonyl (C=O) groups is 1. The second-order valence-corrected chi connectivity index (χ2v) is 10.0. The topological polar surface area (TPSA) is 50.2 Å². The Morgan fingerprint density at radius 3 is 2.56 bits per heavy atom. The smallest absolute Gasteiger partial charge is 0.260 e. The minimum atomic E-state index is -2.49. The maximum absolute atomic E-state index is 13.9. The Labute approximate surface area is 187 Å². The zero-order chi connectivity index (χ0) is 23.0. The number of hydrogen-bond acceptors (Lipinski definition) is 3. The normalized spacial score (nSPS) is 22.0. The van der Waals surface area contributed by atoms with Crippen LogP contribution in [0.2, 0.25) is 0 Å². The summed E-state index contributed by atoms with van der Waals surface area (Å²) in [7, 11) is 0. The molecular formula is C24H31F3N4O. The number of aromatic nitrogens is 2. The molecule has 2 aliphatic heterocycles. The molecule has 1 fully saturated rings. The number of likely N-dealkylation sites (tertiary alicyclic amines) is 1. The second kappa shape index (κ2) is 8.79. The van der Waals surface area contributed by atoms with E-state index < -0.39 is 12.5 Å². The summed E-state index contributed by atoms with van der Waals surface area (Å²) in [6, 6.07) is 6.97. The number of rotatable bonds is 4. The van der Waals surface area contributed by atoms with Crippen LogP contribution < -0.4 is 5.32 Å². The molecular weight excluding hydrogens is 417 g/mol. The monoisotopic (exact) mass is 448 g/mol. The first kappa shape index (κ1) is 22.7. The van der Waals surface area contributed by atoms with E-state index in [-0.39, 0.29) is 35.5 Å². The third-order valence-electron chi connectivity index (χ3n) is 6.64. The summed E-state index contributed by atoms with van der Waals surface area (Å²) in [5, 5.41) is 7.94. The van der Waals surface area contributed by atoms with Gasteiger partial charge in [0.2, 0.25) is 5.91 Å². The molecule has 3 heterocycles. The molecule has 8 heteroatoms. The first-order valence-corrected chi connectivity index (χ1v) is 11.3. The van der Waals surface area contributed by atoms with Gasteiger partial charge in [-0.3, -0.25) is 4.79 Å². The number of fused-ring (bicyclic) bond motifs is 1. The Kier molecular flexibility index (Phi) is 6.23. The van der Waals surface area contributed by atoms with Crippen LogP contribution in [0.25, 0.3) is 0 Å². The lowest BCUT2D eigenvalue weighted by atomic mass is 9.84. The average molecular weight is 449 g/mol. The highest BCUT2D eigenvalue weighted by Gasteiger charge is 2.39. The summed E-state index contributed by atoms with van der Waals surface area (Å²) in [5.74, 6) is 0.487. The van der Waals surface area contributed by atoms with Crippen molar-refractivity contribution in [3.8, 4) is 0 Å². The maximum atomic E-state index is 13.9. The van der Waals surface area contributed by atoms with Crippen molar-refractivity contribution in [1.82, 2.24) is 14.7 Å². The minimum Gasteiger partial charge on any atom is -0.367 e. The summed E-state index contributed by atoms with van der Waals surface area (Å²) in [4.78, 5) is 14.4. The predicted octanol–water partition coefficient (Wildman–Crippen LogP) is 4.79. The van der Waals surface area contributed by atoms with Gasteiger partial charge in [0.15, 0.2) is 0 Å². The van der Waals surface area contributed by atoms with Crippen molar-refractivity contribution in [3.05, 3.63) is 47.4 Å². The fraction of sp³-hybridized carbons (Fsp3) is 0.583. The van der Waals surface area contributed by atoms with E-state index in [0.29, 0.717) is 30.9 Å². The van der Waals surface area contributed by atoms with Crippen LogP contribution in [0.15, 0.2) is 30.3 Å². The van der Waals surface area contributed by atoms with E-state index in [2.05, 4.69) is 10.4 Å². The van der Waals surface area contributed by atoms with E-state index in [9.17, 15) is 18.0 Å². The molecule has 2 aliphatic rings. The summed E-state index contributed by atoms with van der Waals surface area (Å²) in [5.41, 5.74) is 1.24. The predicted molar refractivity (Wildman–Crippen MR) is 117 cm³/mol. The Bertz CT molecular complexity index is 960. The fourth-order valence-corrected chi connectivity index (χ4v) is 4.73. The molecule has 5 nitrogen and oxygen atoms in total. The van der Waals surface area contributed by atoms with Crippen molar-refractivity contribution in [1.29, 1.82) is 0 Å². The Hall–Kier alpha value is -2.51. The lowest BCUT2D eigenvalue weighted by Crippen LogP contribution is -2.46. The van der Waals surface area contributed by atoms with Gasteiger partial charge < -0.3 is 10.2 Å². The number of nitrogens with one attached hydrogen (secondary N) is 1. The molecule has 32 heavy (non-hydrogen) atoms. The molecule has 0 aliphatic carbocycles. The van der Waals surface area contributed by atoms with Crippen LogP contribution in [0.4, 0.5) is 19.0 Å². The van der Waals surface area contributed by atoms with Gasteiger partial charge in [-0.25, -0.2) is 17.9 Å². The molecule has 1 aromatic heterocycles. The molecule has 2 atom stereocenters. The number of anilines is 1. The third-order valence-corrected chi connectivity index (χ3v) is 6.64. The zero-order valence-corrected chi connectivity index (χ0v) is 18.8. The Morgan fingerprint density at radius 2 is 1.94 bits per heavy atom. The van der Waals surface area contributed by atoms with Gasteiger partial charge in [-0.15, -0.1) is 0 Å². The lowest BCUT2D eigenvalue weighted by Gasteiger charge is -2.40. The van der Waals surface area contributed by atoms with E-state index in [4.69, 9.17) is 0 Å². The molecule has 0 radical (unpaired) electrons. The molecule has 1 amide bonds. The largest absolute Gasteiger partial charge is 0.367 e. The quantitative estimate of drug-likeness (QED) is 0.732. The summed E-state index contributed by atoms with van der Waals surface area (Å²) >= 11 is 0. The number of benzene rings is 1. The van der Waals surface area contributed by atoms with Gasteiger partial charge in [-0.1, -0.05) is 32.9 Å². The molecule has 1 saturated heterocycles. The Balaban J connectivity index is 1.40. The van der Waals surface area contributed by atoms with Crippen molar-refractivity contribution >= 4 is 11.7 Å². The second-order valence-electron chi connectivity index (χ2n) is 10.0. The highest BCUT2D eigenvalue weighted by Crippen LogP contribution is 2.38. The van der Waals surface area contributed by atoms with Gasteiger partial charge in [-0.2, -0.15) is 5.10 Å². The molecule has 1 aromatic carbocycles. The summed E-state index contributed by atoms with van der Waals surface area (Å²) < 4.78 is 42.6. The van der Waals surface area contributed by atoms with Crippen LogP contribution in [0.1, 0.15) is 57.3 Å². The molecule has 4 rings (SSSR count). The van der Waals surface area contributed by atoms with Crippen molar-refractivity contribution in [3.63, 3.8) is 0 Å². The van der Waals surface area contributed by atoms with Crippen molar-refractivity contribution in [2.24, 2.45) is 5.92 Å². The molecule has 1 N–H and O–H groups in total. The van der Waals surface area contributed by atoms with E-state index in [1.807, 2.05) is 26.8 Å². The molecule has 174 valence electrons. The van der Waals surface area contributed by atoms with E-state index in [1.165, 1.54) is 16.8 Å². The van der Waals surface area contributed by atoms with E-state index in [0.717, 1.165) is 18.5 Å². The van der Waals surface area contributed by atoms with Crippen LogP contribution in [0.3, 0.4) is 0 Å². The lowest BCUT2D eigenvalue weighted by molar-refractivity contribution is -0.131. The third kappa shape index (κ3) is 4.79. The zero-order valence-electron chi connectivity index (χ0n) is 18.8. The van der Waals surface area contributed by atoms with Crippen LogP contribution in [0, 0.1) is 11.7 Å². The number of halogens is 3. The molecule has 0 saturated carbocycles. The average Bonchev–Trinajstić information content (AvgIpc) is 3.18. The van der Waals surface area contributed by atoms with E-state index >= 15 is 0 Å². The summed E-state index contributed by atoms with van der Waals surface area (Å²) in [6.07, 6.45) is -0.491. The molecule has 2 aromatic rings. The maximum Gasteiger partial charge on any atom is 0.260 e. The van der Waals surface area contributed by atoms with Crippen molar-refractivity contribution in [2.75, 3.05) is 18.4 Å². The van der Waals surface area contributed by atoms with Gasteiger partial charge in [0.25, 0.3) is 6.43 Å². The van der Waals surface area contributed by atoms with Gasteiger partial charge in [0.05, 0.1) is 12.1 Å². The number of nitrogens with zero attached hydrogens (tertiary/aromatic N) is 3. The van der Waals surface area contributed by atoms with E-state index in [1.54, 1.807) is 17.0 Å². The van der Waals surface area contributed by atoms with Gasteiger partial charge in [0, 0.05) is 30.6 Å². The van der Waals surface area contributed by atoms with Crippen LogP contribution in [-0.2, 0) is 16.6 Å². The number of carbonyl (C=O) groups excluding carboxylic acids is 1. The first-order valence-electron chi connectivity index (χ1n) is 11.3. The van der Waals surface area contributed by atoms with Crippen LogP contribution >= 0.6 is 0 Å². The number of piperidine rings is 1. The van der Waals surface area contributed by atoms with Gasteiger partial charge in [-0.05, 0) is 42.9 Å². The van der Waals surface area contributed by atoms with Gasteiger partial charge in [0.1, 0.15) is 17.7 Å².